The van der Waals surface area contributed by atoms with Crippen molar-refractivity contribution in [3.05, 3.63) is 29.8 Å². The van der Waals surface area contributed by atoms with Crippen molar-refractivity contribution in [1.82, 2.24) is 5.32 Å². The Kier molecular flexibility index (Phi) is 5.23. The molecule has 106 valence electrons. The third kappa shape index (κ3) is 3.95. The summed E-state index contributed by atoms with van der Waals surface area (Å²) in [4.78, 5) is 2.47. The zero-order chi connectivity index (χ0) is 13.7. The highest BCUT2D eigenvalue weighted by Crippen LogP contribution is 2.24. The summed E-state index contributed by atoms with van der Waals surface area (Å²) < 4.78 is 5.53. The molecule has 1 aromatic rings. The van der Waals surface area contributed by atoms with Crippen molar-refractivity contribution in [3.63, 3.8) is 0 Å². The number of nitrogens with one attached hydrogen (secondary N) is 1. The lowest BCUT2D eigenvalue weighted by Gasteiger charge is -2.36. The van der Waals surface area contributed by atoms with Crippen LogP contribution in [0.1, 0.15) is 26.3 Å². The number of anilines is 1. The third-order valence-corrected chi connectivity index (χ3v) is 3.54. The fourth-order valence-corrected chi connectivity index (χ4v) is 2.52. The molecule has 0 radical (unpaired) electrons. The normalized spacial score (nSPS) is 20.0. The first-order valence-electron chi connectivity index (χ1n) is 7.31. The Morgan fingerprint density at radius 2 is 2.16 bits per heavy atom. The van der Waals surface area contributed by atoms with Crippen LogP contribution in [0.2, 0.25) is 0 Å². The summed E-state index contributed by atoms with van der Waals surface area (Å²) in [6.07, 6.45) is 0. The number of rotatable bonds is 5. The van der Waals surface area contributed by atoms with E-state index in [9.17, 15) is 0 Å². The van der Waals surface area contributed by atoms with E-state index >= 15 is 0 Å². The maximum absolute atomic E-state index is 5.53. The number of para-hydroxylation sites is 1. The van der Waals surface area contributed by atoms with Crippen LogP contribution in [0, 0.1) is 5.92 Å². The molecule has 1 fully saturated rings. The molecule has 0 aliphatic carbocycles. The van der Waals surface area contributed by atoms with Crippen molar-refractivity contribution >= 4 is 5.69 Å². The zero-order valence-corrected chi connectivity index (χ0v) is 12.4. The molecule has 1 heterocycles. The number of nitrogens with zero attached hydrogens (tertiary/aromatic N) is 1. The Balaban J connectivity index is 2.06. The van der Waals surface area contributed by atoms with Gasteiger partial charge in [0.25, 0.3) is 0 Å². The molecule has 1 N–H and O–H groups in total. The fraction of sp³-hybridized carbons (Fsp3) is 0.625. The molecule has 0 aromatic heterocycles. The van der Waals surface area contributed by atoms with Crippen LogP contribution in [0.3, 0.4) is 0 Å². The van der Waals surface area contributed by atoms with Gasteiger partial charge in [0, 0.05) is 24.8 Å². The second-order valence-corrected chi connectivity index (χ2v) is 5.77. The van der Waals surface area contributed by atoms with E-state index in [2.05, 4.69) is 55.3 Å². The van der Waals surface area contributed by atoms with Gasteiger partial charge in [-0.05, 0) is 31.0 Å². The minimum atomic E-state index is 0.458. The van der Waals surface area contributed by atoms with Gasteiger partial charge in [-0.15, -0.1) is 0 Å². The quantitative estimate of drug-likeness (QED) is 0.883. The van der Waals surface area contributed by atoms with Crippen molar-refractivity contribution in [1.29, 1.82) is 0 Å². The van der Waals surface area contributed by atoms with Crippen LogP contribution in [0.5, 0.6) is 0 Å². The Hall–Kier alpha value is -1.06. The van der Waals surface area contributed by atoms with E-state index in [0.717, 1.165) is 32.8 Å². The van der Waals surface area contributed by atoms with Crippen LogP contribution in [-0.4, -0.2) is 32.3 Å². The lowest BCUT2D eigenvalue weighted by molar-refractivity contribution is 0.0988. The van der Waals surface area contributed by atoms with Gasteiger partial charge < -0.3 is 15.0 Å². The van der Waals surface area contributed by atoms with Gasteiger partial charge >= 0.3 is 0 Å². The van der Waals surface area contributed by atoms with Crippen molar-refractivity contribution in [2.45, 2.75) is 33.4 Å². The van der Waals surface area contributed by atoms with E-state index in [-0.39, 0.29) is 0 Å². The minimum Gasteiger partial charge on any atom is -0.377 e. The first-order chi connectivity index (χ1) is 9.18. The molecular weight excluding hydrogens is 236 g/mol. The predicted octanol–water partition coefficient (Wildman–Crippen LogP) is 2.66. The first kappa shape index (κ1) is 14.4. The molecule has 0 amide bonds. The van der Waals surface area contributed by atoms with Crippen LogP contribution in [-0.2, 0) is 11.3 Å². The largest absolute Gasteiger partial charge is 0.377 e. The predicted molar refractivity (Wildman–Crippen MR) is 80.6 cm³/mol. The number of hydrogen-bond acceptors (Lipinski definition) is 3. The monoisotopic (exact) mass is 262 g/mol. The molecule has 0 bridgehead atoms. The second kappa shape index (κ2) is 6.92. The zero-order valence-electron chi connectivity index (χ0n) is 12.4. The van der Waals surface area contributed by atoms with Crippen molar-refractivity contribution in [2.24, 2.45) is 5.92 Å². The SMILES string of the molecule is CC(C)CNCc1ccccc1N1CCOCC1C. The summed E-state index contributed by atoms with van der Waals surface area (Å²) in [6.45, 7) is 11.4. The van der Waals surface area contributed by atoms with Crippen LogP contribution in [0.25, 0.3) is 0 Å². The third-order valence-electron chi connectivity index (χ3n) is 3.54. The summed E-state index contributed by atoms with van der Waals surface area (Å²) in [7, 11) is 0. The summed E-state index contributed by atoms with van der Waals surface area (Å²) in [6, 6.07) is 9.17. The van der Waals surface area contributed by atoms with E-state index in [0.29, 0.717) is 12.0 Å². The highest BCUT2D eigenvalue weighted by atomic mass is 16.5. The van der Waals surface area contributed by atoms with Gasteiger partial charge in [0.15, 0.2) is 0 Å². The molecule has 1 unspecified atom stereocenters. The van der Waals surface area contributed by atoms with E-state index < -0.39 is 0 Å². The summed E-state index contributed by atoms with van der Waals surface area (Å²) >= 11 is 0. The van der Waals surface area contributed by atoms with Gasteiger partial charge in [0.05, 0.1) is 13.2 Å². The highest BCUT2D eigenvalue weighted by Gasteiger charge is 2.20. The molecule has 0 spiro atoms. The Morgan fingerprint density at radius 3 is 2.89 bits per heavy atom. The van der Waals surface area contributed by atoms with Gasteiger partial charge in [-0.25, -0.2) is 0 Å². The molecular formula is C16H26N2O. The second-order valence-electron chi connectivity index (χ2n) is 5.77. The number of benzene rings is 1. The van der Waals surface area contributed by atoms with E-state index in [1.165, 1.54) is 11.3 Å². The molecule has 1 atom stereocenters. The van der Waals surface area contributed by atoms with Gasteiger partial charge in [-0.1, -0.05) is 32.0 Å². The van der Waals surface area contributed by atoms with Crippen molar-refractivity contribution in [2.75, 3.05) is 31.2 Å². The average molecular weight is 262 g/mol. The van der Waals surface area contributed by atoms with Gasteiger partial charge in [-0.2, -0.15) is 0 Å². The molecule has 1 aliphatic heterocycles. The number of ether oxygens (including phenoxy) is 1. The maximum atomic E-state index is 5.53. The minimum absolute atomic E-state index is 0.458. The maximum Gasteiger partial charge on any atom is 0.0668 e. The lowest BCUT2D eigenvalue weighted by atomic mass is 10.1. The summed E-state index contributed by atoms with van der Waals surface area (Å²) in [5.41, 5.74) is 2.74. The Morgan fingerprint density at radius 1 is 1.37 bits per heavy atom. The molecule has 1 saturated heterocycles. The fourth-order valence-electron chi connectivity index (χ4n) is 2.52. The van der Waals surface area contributed by atoms with E-state index in [1.807, 2.05) is 0 Å². The standard InChI is InChI=1S/C16H26N2O/c1-13(2)10-17-11-15-6-4-5-7-16(15)18-8-9-19-12-14(18)3/h4-7,13-14,17H,8-12H2,1-3H3. The van der Waals surface area contributed by atoms with Crippen LogP contribution < -0.4 is 10.2 Å². The topological polar surface area (TPSA) is 24.5 Å². The molecule has 3 nitrogen and oxygen atoms in total. The number of morpholine rings is 1. The molecule has 3 heteroatoms. The van der Waals surface area contributed by atoms with Crippen molar-refractivity contribution in [3.8, 4) is 0 Å². The molecule has 19 heavy (non-hydrogen) atoms. The lowest BCUT2D eigenvalue weighted by Crippen LogP contribution is -2.44. The first-order valence-corrected chi connectivity index (χ1v) is 7.31. The average Bonchev–Trinajstić information content (AvgIpc) is 2.40. The molecule has 1 aromatic carbocycles. The summed E-state index contributed by atoms with van der Waals surface area (Å²) in [5.74, 6) is 0.689. The van der Waals surface area contributed by atoms with E-state index in [1.54, 1.807) is 0 Å². The molecule has 2 rings (SSSR count). The van der Waals surface area contributed by atoms with Crippen LogP contribution in [0.4, 0.5) is 5.69 Å². The molecule has 1 aliphatic rings. The van der Waals surface area contributed by atoms with Crippen molar-refractivity contribution < 1.29 is 4.74 Å². The summed E-state index contributed by atoms with van der Waals surface area (Å²) in [5, 5.41) is 3.54. The van der Waals surface area contributed by atoms with E-state index in [4.69, 9.17) is 4.74 Å². The van der Waals surface area contributed by atoms with Gasteiger partial charge in [0.2, 0.25) is 0 Å². The van der Waals surface area contributed by atoms with Crippen LogP contribution >= 0.6 is 0 Å². The smallest absolute Gasteiger partial charge is 0.0668 e. The Labute approximate surface area is 116 Å². The molecule has 0 saturated carbocycles. The Bertz CT molecular complexity index is 392. The van der Waals surface area contributed by atoms with Crippen LogP contribution in [0.15, 0.2) is 24.3 Å². The van der Waals surface area contributed by atoms with Gasteiger partial charge in [-0.3, -0.25) is 0 Å². The van der Waals surface area contributed by atoms with Gasteiger partial charge in [0.1, 0.15) is 0 Å². The number of hydrogen-bond donors (Lipinski definition) is 1. The highest BCUT2D eigenvalue weighted by molar-refractivity contribution is 5.54.